The lowest BCUT2D eigenvalue weighted by Gasteiger charge is -2.45. The molecule has 5 nitrogen and oxygen atoms in total. The number of hydrogen-bond donors (Lipinski definition) is 1. The number of amides is 1. The number of rotatable bonds is 3. The molecule has 0 aromatic carbocycles. The molecular weight excluding hydrogens is 308 g/mol. The van der Waals surface area contributed by atoms with Crippen molar-refractivity contribution in [1.82, 2.24) is 9.62 Å². The van der Waals surface area contributed by atoms with Crippen LogP contribution < -0.4 is 4.72 Å². The molecule has 1 amide bonds. The molecule has 2 fully saturated rings. The van der Waals surface area contributed by atoms with Crippen molar-refractivity contribution >= 4 is 27.3 Å². The van der Waals surface area contributed by atoms with Crippen LogP contribution in [0.2, 0.25) is 0 Å². The van der Waals surface area contributed by atoms with Gasteiger partial charge in [-0.25, -0.2) is 13.1 Å². The highest BCUT2D eigenvalue weighted by molar-refractivity contribution is 7.88. The van der Waals surface area contributed by atoms with Crippen molar-refractivity contribution in [3.05, 3.63) is 21.9 Å². The average Bonchev–Trinajstić information content (AvgIpc) is 2.92. The van der Waals surface area contributed by atoms with Gasteiger partial charge in [0, 0.05) is 24.0 Å². The van der Waals surface area contributed by atoms with Gasteiger partial charge in [0.25, 0.3) is 5.91 Å². The monoisotopic (exact) mass is 328 g/mol. The van der Waals surface area contributed by atoms with E-state index in [1.165, 1.54) is 17.6 Å². The van der Waals surface area contributed by atoms with Gasteiger partial charge in [0.05, 0.1) is 11.1 Å². The Morgan fingerprint density at radius 3 is 2.71 bits per heavy atom. The Morgan fingerprint density at radius 2 is 2.14 bits per heavy atom. The molecule has 0 bridgehead atoms. The molecule has 116 valence electrons. The molecule has 1 saturated heterocycles. The summed E-state index contributed by atoms with van der Waals surface area (Å²) in [4.78, 5) is 16.3. The van der Waals surface area contributed by atoms with Crippen molar-refractivity contribution in [1.29, 1.82) is 0 Å². The molecule has 2 aliphatic rings. The van der Waals surface area contributed by atoms with Crippen LogP contribution in [0.4, 0.5) is 0 Å². The van der Waals surface area contributed by atoms with Gasteiger partial charge in [-0.15, -0.1) is 11.3 Å². The second-order valence-corrected chi connectivity index (χ2v) is 9.45. The fourth-order valence-electron chi connectivity index (χ4n) is 3.52. The highest BCUT2D eigenvalue weighted by Gasteiger charge is 2.50. The van der Waals surface area contributed by atoms with E-state index in [2.05, 4.69) is 4.72 Å². The van der Waals surface area contributed by atoms with Crippen molar-refractivity contribution in [3.8, 4) is 0 Å². The normalized spacial score (nSPS) is 28.9. The molecule has 1 saturated carbocycles. The van der Waals surface area contributed by atoms with Crippen LogP contribution in [-0.4, -0.2) is 44.6 Å². The number of aryl methyl sites for hydroxylation is 1. The van der Waals surface area contributed by atoms with Crippen molar-refractivity contribution in [2.75, 3.05) is 19.3 Å². The SMILES string of the molecule is Cc1ccc(C(=O)N2CCC3(CC(NS(C)(=O)=O)C3)C2)s1. The number of nitrogens with zero attached hydrogens (tertiary/aromatic N) is 1. The summed E-state index contributed by atoms with van der Waals surface area (Å²) in [6, 6.07) is 3.90. The summed E-state index contributed by atoms with van der Waals surface area (Å²) in [7, 11) is -3.13. The van der Waals surface area contributed by atoms with Crippen molar-refractivity contribution in [3.63, 3.8) is 0 Å². The Kier molecular flexibility index (Phi) is 3.62. The van der Waals surface area contributed by atoms with Crippen LogP contribution >= 0.6 is 11.3 Å². The zero-order valence-corrected chi connectivity index (χ0v) is 13.9. The number of likely N-dealkylation sites (tertiary alicyclic amines) is 1. The van der Waals surface area contributed by atoms with Gasteiger partial charge in [-0.3, -0.25) is 4.79 Å². The minimum atomic E-state index is -3.13. The lowest BCUT2D eigenvalue weighted by atomic mass is 9.65. The summed E-state index contributed by atoms with van der Waals surface area (Å²) < 4.78 is 25.1. The minimum Gasteiger partial charge on any atom is -0.337 e. The summed E-state index contributed by atoms with van der Waals surface area (Å²) in [5, 5.41) is 0. The number of carbonyl (C=O) groups excluding carboxylic acids is 1. The Balaban J connectivity index is 1.58. The molecule has 0 atom stereocenters. The van der Waals surface area contributed by atoms with Gasteiger partial charge in [0.2, 0.25) is 10.0 Å². The van der Waals surface area contributed by atoms with E-state index in [9.17, 15) is 13.2 Å². The topological polar surface area (TPSA) is 66.5 Å². The first kappa shape index (κ1) is 15.0. The largest absolute Gasteiger partial charge is 0.337 e. The maximum Gasteiger partial charge on any atom is 0.263 e. The summed E-state index contributed by atoms with van der Waals surface area (Å²) in [5.41, 5.74) is 0.129. The zero-order valence-electron chi connectivity index (χ0n) is 12.3. The molecule has 1 N–H and O–H groups in total. The number of hydrogen-bond acceptors (Lipinski definition) is 4. The fourth-order valence-corrected chi connectivity index (χ4v) is 5.13. The Labute approximate surface area is 129 Å². The maximum atomic E-state index is 12.4. The third-order valence-electron chi connectivity index (χ3n) is 4.42. The summed E-state index contributed by atoms with van der Waals surface area (Å²) >= 11 is 1.53. The number of thiophene rings is 1. The van der Waals surface area contributed by atoms with Gasteiger partial charge < -0.3 is 4.90 Å². The number of carbonyl (C=O) groups is 1. The van der Waals surface area contributed by atoms with Crippen LogP contribution in [0.15, 0.2) is 12.1 Å². The van der Waals surface area contributed by atoms with E-state index in [0.717, 1.165) is 42.1 Å². The Hall–Kier alpha value is -0.920. The molecule has 1 spiro atoms. The lowest BCUT2D eigenvalue weighted by Crippen LogP contribution is -2.51. The Bertz CT molecular complexity index is 660. The lowest BCUT2D eigenvalue weighted by molar-refractivity contribution is 0.0692. The predicted molar refractivity (Wildman–Crippen MR) is 83.0 cm³/mol. The van der Waals surface area contributed by atoms with Gasteiger partial charge in [-0.1, -0.05) is 0 Å². The van der Waals surface area contributed by atoms with Gasteiger partial charge in [-0.2, -0.15) is 0 Å². The average molecular weight is 328 g/mol. The van der Waals surface area contributed by atoms with Gasteiger partial charge in [-0.05, 0) is 43.7 Å². The van der Waals surface area contributed by atoms with Crippen LogP contribution in [0.25, 0.3) is 0 Å². The van der Waals surface area contributed by atoms with Gasteiger partial charge in [0.15, 0.2) is 0 Å². The van der Waals surface area contributed by atoms with Crippen molar-refractivity contribution in [2.24, 2.45) is 5.41 Å². The molecule has 0 unspecified atom stereocenters. The van der Waals surface area contributed by atoms with Crippen molar-refractivity contribution in [2.45, 2.75) is 32.2 Å². The maximum absolute atomic E-state index is 12.4. The summed E-state index contributed by atoms with van der Waals surface area (Å²) in [5.74, 6) is 0.115. The van der Waals surface area contributed by atoms with E-state index in [1.54, 1.807) is 0 Å². The number of nitrogens with one attached hydrogen (secondary N) is 1. The Morgan fingerprint density at radius 1 is 1.43 bits per heavy atom. The van der Waals surface area contributed by atoms with Crippen LogP contribution in [0.5, 0.6) is 0 Å². The molecule has 0 radical (unpaired) electrons. The third-order valence-corrected chi connectivity index (χ3v) is 6.17. The zero-order chi connectivity index (χ0) is 15.3. The van der Waals surface area contributed by atoms with Crippen LogP contribution in [0.1, 0.15) is 33.8 Å². The van der Waals surface area contributed by atoms with Crippen LogP contribution in [-0.2, 0) is 10.0 Å². The molecule has 3 rings (SSSR count). The van der Waals surface area contributed by atoms with Gasteiger partial charge in [0.1, 0.15) is 0 Å². The van der Waals surface area contributed by atoms with E-state index < -0.39 is 10.0 Å². The summed E-state index contributed by atoms with van der Waals surface area (Å²) in [6.45, 7) is 3.53. The van der Waals surface area contributed by atoms with Gasteiger partial charge >= 0.3 is 0 Å². The van der Waals surface area contributed by atoms with Crippen LogP contribution in [0.3, 0.4) is 0 Å². The first-order valence-electron chi connectivity index (χ1n) is 7.09. The molecule has 2 heterocycles. The quantitative estimate of drug-likeness (QED) is 0.916. The van der Waals surface area contributed by atoms with E-state index in [4.69, 9.17) is 0 Å². The molecule has 1 aromatic heterocycles. The number of sulfonamides is 1. The standard InChI is InChI=1S/C14H20N2O3S2/c1-10-3-4-12(20-10)13(17)16-6-5-14(9-16)7-11(8-14)15-21(2,18)19/h3-4,11,15H,5-9H2,1-2H3. The molecular formula is C14H20N2O3S2. The second-order valence-electron chi connectivity index (χ2n) is 6.38. The smallest absolute Gasteiger partial charge is 0.263 e. The van der Waals surface area contributed by atoms with E-state index in [0.29, 0.717) is 0 Å². The minimum absolute atomic E-state index is 0.0408. The summed E-state index contributed by atoms with van der Waals surface area (Å²) in [6.07, 6.45) is 3.85. The highest BCUT2D eigenvalue weighted by atomic mass is 32.2. The third kappa shape index (κ3) is 3.14. The first-order valence-corrected chi connectivity index (χ1v) is 9.80. The molecule has 1 aliphatic heterocycles. The fraction of sp³-hybridized carbons (Fsp3) is 0.643. The molecule has 7 heteroatoms. The predicted octanol–water partition coefficient (Wildman–Crippen LogP) is 1.60. The molecule has 1 aliphatic carbocycles. The molecule has 21 heavy (non-hydrogen) atoms. The first-order chi connectivity index (χ1) is 9.76. The van der Waals surface area contributed by atoms with Crippen molar-refractivity contribution < 1.29 is 13.2 Å². The van der Waals surface area contributed by atoms with E-state index in [1.807, 2.05) is 24.0 Å². The second kappa shape index (κ2) is 5.07. The van der Waals surface area contributed by atoms with E-state index >= 15 is 0 Å². The van der Waals surface area contributed by atoms with Crippen LogP contribution in [0, 0.1) is 12.3 Å². The van der Waals surface area contributed by atoms with E-state index in [-0.39, 0.29) is 17.4 Å². The molecule has 1 aromatic rings. The highest BCUT2D eigenvalue weighted by Crippen LogP contribution is 2.48.